The Labute approximate surface area is 126 Å². The van der Waals surface area contributed by atoms with Gasteiger partial charge in [-0.15, -0.1) is 0 Å². The smallest absolute Gasteiger partial charge is 0.129 e. The summed E-state index contributed by atoms with van der Waals surface area (Å²) >= 11 is 0. The first kappa shape index (κ1) is 14.3. The number of nitrogens with zero attached hydrogens (tertiary/aromatic N) is 3. The molecule has 0 saturated carbocycles. The maximum Gasteiger partial charge on any atom is 0.129 e. The maximum absolute atomic E-state index is 4.76. The van der Waals surface area contributed by atoms with Crippen LogP contribution in [0.3, 0.4) is 0 Å². The number of likely N-dealkylation sites (N-methyl/N-ethyl adjacent to an activating group) is 2. The van der Waals surface area contributed by atoms with Gasteiger partial charge in [-0.25, -0.2) is 4.98 Å². The fourth-order valence-electron chi connectivity index (χ4n) is 2.94. The van der Waals surface area contributed by atoms with E-state index in [4.69, 9.17) is 4.98 Å². The van der Waals surface area contributed by atoms with E-state index in [1.165, 1.54) is 10.9 Å². The summed E-state index contributed by atoms with van der Waals surface area (Å²) in [7, 11) is 4.40. The van der Waals surface area contributed by atoms with Crippen molar-refractivity contribution in [1.29, 1.82) is 0 Å². The summed E-state index contributed by atoms with van der Waals surface area (Å²) in [6, 6.07) is 11.0. The van der Waals surface area contributed by atoms with Gasteiger partial charge in [-0.05, 0) is 38.7 Å². The SMILES string of the molecule is Cc1cc2ccccc2nc1NCC1CN(C)CCN1C. The van der Waals surface area contributed by atoms with E-state index in [1.54, 1.807) is 0 Å². The molecule has 3 rings (SSSR count). The van der Waals surface area contributed by atoms with E-state index < -0.39 is 0 Å². The van der Waals surface area contributed by atoms with Crippen molar-refractivity contribution >= 4 is 16.7 Å². The molecule has 0 aliphatic carbocycles. The molecule has 1 aromatic heterocycles. The molecule has 21 heavy (non-hydrogen) atoms. The molecule has 0 bridgehead atoms. The molecule has 1 fully saturated rings. The molecule has 0 radical (unpaired) electrons. The highest BCUT2D eigenvalue weighted by Gasteiger charge is 2.22. The molecule has 4 nitrogen and oxygen atoms in total. The normalized spacial score (nSPS) is 20.8. The fraction of sp³-hybridized carbons (Fsp3) is 0.471. The Morgan fingerprint density at radius 1 is 1.24 bits per heavy atom. The van der Waals surface area contributed by atoms with Crippen LogP contribution in [-0.2, 0) is 0 Å². The van der Waals surface area contributed by atoms with Gasteiger partial charge in [0.15, 0.2) is 0 Å². The number of anilines is 1. The van der Waals surface area contributed by atoms with Crippen LogP contribution in [-0.4, -0.2) is 61.1 Å². The van der Waals surface area contributed by atoms with Crippen LogP contribution in [0.1, 0.15) is 5.56 Å². The first-order valence-corrected chi connectivity index (χ1v) is 7.62. The third kappa shape index (κ3) is 3.17. The minimum Gasteiger partial charge on any atom is -0.368 e. The highest BCUT2D eigenvalue weighted by atomic mass is 15.3. The molecule has 2 heterocycles. The van der Waals surface area contributed by atoms with Crippen LogP contribution < -0.4 is 5.32 Å². The van der Waals surface area contributed by atoms with Crippen molar-refractivity contribution in [3.63, 3.8) is 0 Å². The summed E-state index contributed by atoms with van der Waals surface area (Å²) in [4.78, 5) is 9.59. The van der Waals surface area contributed by atoms with Gasteiger partial charge in [0, 0.05) is 37.6 Å². The monoisotopic (exact) mass is 284 g/mol. The van der Waals surface area contributed by atoms with Crippen LogP contribution in [0.5, 0.6) is 0 Å². The first-order valence-electron chi connectivity index (χ1n) is 7.62. The molecule has 0 amide bonds. The Hall–Kier alpha value is -1.65. The number of nitrogens with one attached hydrogen (secondary N) is 1. The van der Waals surface area contributed by atoms with Gasteiger partial charge < -0.3 is 10.2 Å². The van der Waals surface area contributed by atoms with Crippen LogP contribution in [0.15, 0.2) is 30.3 Å². The molecule has 2 aromatic rings. The quantitative estimate of drug-likeness (QED) is 0.936. The van der Waals surface area contributed by atoms with Gasteiger partial charge in [-0.3, -0.25) is 4.90 Å². The highest BCUT2D eigenvalue weighted by molar-refractivity contribution is 5.81. The largest absolute Gasteiger partial charge is 0.368 e. The first-order chi connectivity index (χ1) is 10.1. The molecular weight excluding hydrogens is 260 g/mol. The molecule has 4 heteroatoms. The van der Waals surface area contributed by atoms with E-state index in [9.17, 15) is 0 Å². The Kier molecular flexibility index (Phi) is 4.08. The van der Waals surface area contributed by atoms with Crippen molar-refractivity contribution < 1.29 is 0 Å². The van der Waals surface area contributed by atoms with Crippen molar-refractivity contribution in [3.8, 4) is 0 Å². The number of hydrogen-bond acceptors (Lipinski definition) is 4. The zero-order valence-corrected chi connectivity index (χ0v) is 13.1. The van der Waals surface area contributed by atoms with Crippen molar-refractivity contribution in [2.45, 2.75) is 13.0 Å². The van der Waals surface area contributed by atoms with E-state index in [2.05, 4.69) is 60.4 Å². The minimum absolute atomic E-state index is 0.538. The van der Waals surface area contributed by atoms with Crippen LogP contribution in [0, 0.1) is 6.92 Å². The maximum atomic E-state index is 4.76. The standard InChI is InChI=1S/C17H24N4/c1-13-10-14-6-4-5-7-16(14)19-17(13)18-11-15-12-20(2)8-9-21(15)3/h4-7,10,15H,8-9,11-12H2,1-3H3,(H,18,19). The average molecular weight is 284 g/mol. The summed E-state index contributed by atoms with van der Waals surface area (Å²) in [5, 5.41) is 4.75. The number of piperazine rings is 1. The summed E-state index contributed by atoms with van der Waals surface area (Å²) in [6.07, 6.45) is 0. The lowest BCUT2D eigenvalue weighted by Crippen LogP contribution is -2.52. The molecular formula is C17H24N4. The Morgan fingerprint density at radius 3 is 2.90 bits per heavy atom. The number of aromatic nitrogens is 1. The highest BCUT2D eigenvalue weighted by Crippen LogP contribution is 2.20. The summed E-state index contributed by atoms with van der Waals surface area (Å²) in [5.41, 5.74) is 2.26. The van der Waals surface area contributed by atoms with Crippen molar-refractivity contribution in [1.82, 2.24) is 14.8 Å². The molecule has 1 N–H and O–H groups in total. The summed E-state index contributed by atoms with van der Waals surface area (Å²) in [5.74, 6) is 1.01. The minimum atomic E-state index is 0.538. The van der Waals surface area contributed by atoms with Gasteiger partial charge in [0.2, 0.25) is 0 Å². The van der Waals surface area contributed by atoms with Crippen LogP contribution in [0.4, 0.5) is 5.82 Å². The van der Waals surface area contributed by atoms with Crippen molar-refractivity contribution in [3.05, 3.63) is 35.9 Å². The third-order valence-electron chi connectivity index (χ3n) is 4.40. The Balaban J connectivity index is 1.74. The van der Waals surface area contributed by atoms with Gasteiger partial charge in [0.25, 0.3) is 0 Å². The summed E-state index contributed by atoms with van der Waals surface area (Å²) < 4.78 is 0. The van der Waals surface area contributed by atoms with E-state index in [-0.39, 0.29) is 0 Å². The predicted molar refractivity (Wildman–Crippen MR) is 88.9 cm³/mol. The Morgan fingerprint density at radius 2 is 2.05 bits per heavy atom. The van der Waals surface area contributed by atoms with Gasteiger partial charge in [0.05, 0.1) is 5.52 Å². The van der Waals surface area contributed by atoms with Gasteiger partial charge in [-0.1, -0.05) is 18.2 Å². The van der Waals surface area contributed by atoms with Gasteiger partial charge in [0.1, 0.15) is 5.82 Å². The number of fused-ring (bicyclic) bond motifs is 1. The van der Waals surface area contributed by atoms with E-state index in [0.29, 0.717) is 6.04 Å². The number of hydrogen-bond donors (Lipinski definition) is 1. The van der Waals surface area contributed by atoms with E-state index in [0.717, 1.165) is 37.5 Å². The fourth-order valence-corrected chi connectivity index (χ4v) is 2.94. The van der Waals surface area contributed by atoms with Gasteiger partial charge in [-0.2, -0.15) is 0 Å². The lowest BCUT2D eigenvalue weighted by molar-refractivity contribution is 0.122. The number of rotatable bonds is 3. The molecule has 1 aliphatic rings. The molecule has 1 unspecified atom stereocenters. The second kappa shape index (κ2) is 6.00. The summed E-state index contributed by atoms with van der Waals surface area (Å²) in [6.45, 7) is 6.45. The Bertz CT molecular complexity index is 625. The topological polar surface area (TPSA) is 31.4 Å². The lowest BCUT2D eigenvalue weighted by Gasteiger charge is -2.37. The zero-order valence-electron chi connectivity index (χ0n) is 13.1. The van der Waals surface area contributed by atoms with Gasteiger partial charge >= 0.3 is 0 Å². The van der Waals surface area contributed by atoms with E-state index >= 15 is 0 Å². The molecule has 1 aliphatic heterocycles. The average Bonchev–Trinajstić information content (AvgIpc) is 2.48. The van der Waals surface area contributed by atoms with Crippen molar-refractivity contribution in [2.75, 3.05) is 45.6 Å². The third-order valence-corrected chi connectivity index (χ3v) is 4.40. The predicted octanol–water partition coefficient (Wildman–Crippen LogP) is 2.20. The number of pyridine rings is 1. The molecule has 0 spiro atoms. The molecule has 1 aromatic carbocycles. The second-order valence-corrected chi connectivity index (χ2v) is 6.12. The van der Waals surface area contributed by atoms with Crippen LogP contribution in [0.2, 0.25) is 0 Å². The number of aryl methyl sites for hydroxylation is 1. The molecule has 1 saturated heterocycles. The zero-order chi connectivity index (χ0) is 14.8. The number of para-hydroxylation sites is 1. The second-order valence-electron chi connectivity index (χ2n) is 6.12. The lowest BCUT2D eigenvalue weighted by atomic mass is 10.1. The van der Waals surface area contributed by atoms with Crippen LogP contribution in [0.25, 0.3) is 10.9 Å². The number of benzene rings is 1. The van der Waals surface area contributed by atoms with Crippen molar-refractivity contribution in [2.24, 2.45) is 0 Å². The molecule has 112 valence electrons. The molecule has 1 atom stereocenters. The van der Waals surface area contributed by atoms with Crippen LogP contribution >= 0.6 is 0 Å². The van der Waals surface area contributed by atoms with E-state index in [1.807, 2.05) is 6.07 Å².